The maximum atomic E-state index is 13.5. The minimum atomic E-state index is -4.74. The van der Waals surface area contributed by atoms with E-state index in [1.54, 1.807) is 30.3 Å². The van der Waals surface area contributed by atoms with Crippen LogP contribution in [0.1, 0.15) is 5.56 Å². The average Bonchev–Trinajstić information content (AvgIpc) is 2.83. The molecule has 0 bridgehead atoms. The van der Waals surface area contributed by atoms with Crippen molar-refractivity contribution in [1.29, 1.82) is 0 Å². The van der Waals surface area contributed by atoms with E-state index in [2.05, 4.69) is 5.32 Å². The molecule has 35 heavy (non-hydrogen) atoms. The highest BCUT2D eigenvalue weighted by Crippen LogP contribution is 2.37. The molecular weight excluding hydrogens is 501 g/mol. The molecule has 0 aliphatic carbocycles. The fourth-order valence-electron chi connectivity index (χ4n) is 3.55. The third kappa shape index (κ3) is 5.26. The number of carbonyl (C=O) groups is 1. The Kier molecular flexibility index (Phi) is 6.73. The zero-order valence-electron chi connectivity index (χ0n) is 18.0. The number of carbonyl (C=O) groups excluding carboxylic acids is 1. The highest BCUT2D eigenvalue weighted by atomic mass is 35.5. The molecule has 0 aromatic heterocycles. The number of amides is 1. The Hall–Kier alpha value is -3.56. The van der Waals surface area contributed by atoms with Gasteiger partial charge < -0.3 is 5.32 Å². The zero-order chi connectivity index (χ0) is 25.2. The van der Waals surface area contributed by atoms with Crippen molar-refractivity contribution in [2.24, 2.45) is 0 Å². The molecule has 0 atom stereocenters. The van der Waals surface area contributed by atoms with Gasteiger partial charge in [-0.05, 0) is 41.8 Å². The first-order valence-electron chi connectivity index (χ1n) is 10.3. The van der Waals surface area contributed by atoms with Gasteiger partial charge in [0, 0.05) is 11.1 Å². The maximum Gasteiger partial charge on any atom is 0.416 e. The topological polar surface area (TPSA) is 66.5 Å². The van der Waals surface area contributed by atoms with E-state index in [1.807, 2.05) is 18.2 Å². The molecule has 180 valence electrons. The summed E-state index contributed by atoms with van der Waals surface area (Å²) in [6, 6.07) is 21.9. The Balaban J connectivity index is 1.76. The van der Waals surface area contributed by atoms with Crippen molar-refractivity contribution in [3.8, 4) is 0 Å². The summed E-state index contributed by atoms with van der Waals surface area (Å²) in [5.41, 5.74) is -1.13. The molecule has 1 N–H and O–H groups in total. The van der Waals surface area contributed by atoms with Gasteiger partial charge in [-0.15, -0.1) is 0 Å². The predicted molar refractivity (Wildman–Crippen MR) is 130 cm³/mol. The quantitative estimate of drug-likeness (QED) is 0.323. The van der Waals surface area contributed by atoms with E-state index in [1.165, 1.54) is 24.3 Å². The molecule has 0 saturated carbocycles. The standard InChI is InChI=1S/C25H18ClF3N2O3S/c26-21-14-13-18(25(27,28)29)15-23(21)31(35(33,34)19-9-2-1-3-10-19)16-24(32)30-22-12-6-8-17-7-4-5-11-20(17)22/h1-15H,16H2,(H,30,32). The Bertz CT molecular complexity index is 1490. The fourth-order valence-corrected chi connectivity index (χ4v) is 5.28. The monoisotopic (exact) mass is 518 g/mol. The van der Waals surface area contributed by atoms with Crippen LogP contribution in [-0.4, -0.2) is 20.9 Å². The van der Waals surface area contributed by atoms with Gasteiger partial charge >= 0.3 is 6.18 Å². The van der Waals surface area contributed by atoms with Crippen molar-refractivity contribution in [2.45, 2.75) is 11.1 Å². The molecule has 5 nitrogen and oxygen atoms in total. The van der Waals surface area contributed by atoms with Gasteiger partial charge in [-0.1, -0.05) is 66.2 Å². The molecule has 0 fully saturated rings. The summed E-state index contributed by atoms with van der Waals surface area (Å²) in [6.45, 7) is -0.804. The van der Waals surface area contributed by atoms with Crippen molar-refractivity contribution in [3.05, 3.63) is 102 Å². The molecule has 4 aromatic carbocycles. The van der Waals surface area contributed by atoms with Crippen molar-refractivity contribution >= 4 is 49.7 Å². The average molecular weight is 519 g/mol. The summed E-state index contributed by atoms with van der Waals surface area (Å²) in [4.78, 5) is 12.8. The molecule has 0 saturated heterocycles. The highest BCUT2D eigenvalue weighted by molar-refractivity contribution is 7.92. The van der Waals surface area contributed by atoms with E-state index in [0.29, 0.717) is 16.1 Å². The van der Waals surface area contributed by atoms with Crippen LogP contribution in [0.5, 0.6) is 0 Å². The van der Waals surface area contributed by atoms with Crippen LogP contribution in [0.2, 0.25) is 5.02 Å². The summed E-state index contributed by atoms with van der Waals surface area (Å²) in [7, 11) is -4.45. The van der Waals surface area contributed by atoms with Crippen molar-refractivity contribution in [1.82, 2.24) is 0 Å². The maximum absolute atomic E-state index is 13.5. The van der Waals surface area contributed by atoms with E-state index in [-0.39, 0.29) is 9.92 Å². The lowest BCUT2D eigenvalue weighted by atomic mass is 10.1. The number of anilines is 2. The van der Waals surface area contributed by atoms with Crippen molar-refractivity contribution < 1.29 is 26.4 Å². The van der Waals surface area contributed by atoms with Gasteiger partial charge in [0.05, 0.1) is 21.2 Å². The molecule has 0 heterocycles. The number of sulfonamides is 1. The molecule has 1 amide bonds. The summed E-state index contributed by atoms with van der Waals surface area (Å²) in [6.07, 6.45) is -4.74. The zero-order valence-corrected chi connectivity index (χ0v) is 19.5. The first-order valence-corrected chi connectivity index (χ1v) is 12.1. The summed E-state index contributed by atoms with van der Waals surface area (Å²) in [5, 5.41) is 3.98. The number of nitrogens with one attached hydrogen (secondary N) is 1. The van der Waals surface area contributed by atoms with Gasteiger partial charge in [-0.3, -0.25) is 9.10 Å². The van der Waals surface area contributed by atoms with Gasteiger partial charge in [0.2, 0.25) is 5.91 Å². The van der Waals surface area contributed by atoms with Gasteiger partial charge in [-0.25, -0.2) is 8.42 Å². The lowest BCUT2D eigenvalue weighted by molar-refractivity contribution is -0.137. The molecule has 0 radical (unpaired) electrons. The van der Waals surface area contributed by atoms with Crippen LogP contribution >= 0.6 is 11.6 Å². The highest BCUT2D eigenvalue weighted by Gasteiger charge is 2.34. The summed E-state index contributed by atoms with van der Waals surface area (Å²) >= 11 is 6.15. The fraction of sp³-hybridized carbons (Fsp3) is 0.0800. The Morgan fingerprint density at radius 1 is 0.886 bits per heavy atom. The SMILES string of the molecule is O=C(CN(c1cc(C(F)(F)F)ccc1Cl)S(=O)(=O)c1ccccc1)Nc1cccc2ccccc12. The number of alkyl halides is 3. The predicted octanol–water partition coefficient (Wildman–Crippen LogP) is 6.35. The molecule has 0 spiro atoms. The number of benzene rings is 4. The first-order chi connectivity index (χ1) is 16.6. The van der Waals surface area contributed by atoms with E-state index in [4.69, 9.17) is 11.6 Å². The third-order valence-corrected chi connectivity index (χ3v) is 7.32. The van der Waals surface area contributed by atoms with E-state index < -0.39 is 39.9 Å². The second-order valence-corrected chi connectivity index (χ2v) is 9.83. The van der Waals surface area contributed by atoms with Gasteiger partial charge in [0.25, 0.3) is 10.0 Å². The molecule has 4 aromatic rings. The second kappa shape index (κ2) is 9.59. The van der Waals surface area contributed by atoms with Crippen LogP contribution < -0.4 is 9.62 Å². The minimum Gasteiger partial charge on any atom is -0.324 e. The Morgan fingerprint density at radius 2 is 1.54 bits per heavy atom. The molecule has 0 aliphatic rings. The first kappa shape index (κ1) is 24.6. The van der Waals surface area contributed by atoms with Crippen LogP contribution in [0.15, 0.2) is 95.9 Å². The Labute approximate surface area is 204 Å². The molecule has 10 heteroatoms. The molecular formula is C25H18ClF3N2O3S. The summed E-state index contributed by atoms with van der Waals surface area (Å²) in [5.74, 6) is -0.755. The van der Waals surface area contributed by atoms with Crippen LogP contribution in [0.25, 0.3) is 10.8 Å². The number of hydrogen-bond donors (Lipinski definition) is 1. The normalized spacial score (nSPS) is 11.9. The van der Waals surface area contributed by atoms with Crippen LogP contribution in [-0.2, 0) is 21.0 Å². The Morgan fingerprint density at radius 3 is 2.26 bits per heavy atom. The van der Waals surface area contributed by atoms with Crippen LogP contribution in [0, 0.1) is 0 Å². The smallest absolute Gasteiger partial charge is 0.324 e. The largest absolute Gasteiger partial charge is 0.416 e. The minimum absolute atomic E-state index is 0.202. The lowest BCUT2D eigenvalue weighted by Crippen LogP contribution is -2.38. The molecule has 0 unspecified atom stereocenters. The third-order valence-electron chi connectivity index (χ3n) is 5.22. The second-order valence-electron chi connectivity index (χ2n) is 7.56. The summed E-state index contributed by atoms with van der Waals surface area (Å²) < 4.78 is 67.7. The molecule has 4 rings (SSSR count). The van der Waals surface area contributed by atoms with Gasteiger partial charge in [-0.2, -0.15) is 13.2 Å². The number of halogens is 4. The van der Waals surface area contributed by atoms with E-state index >= 15 is 0 Å². The van der Waals surface area contributed by atoms with E-state index in [0.717, 1.165) is 22.9 Å². The van der Waals surface area contributed by atoms with E-state index in [9.17, 15) is 26.4 Å². The van der Waals surface area contributed by atoms with Crippen LogP contribution in [0.4, 0.5) is 24.5 Å². The number of hydrogen-bond acceptors (Lipinski definition) is 3. The van der Waals surface area contributed by atoms with Crippen molar-refractivity contribution in [3.63, 3.8) is 0 Å². The van der Waals surface area contributed by atoms with Gasteiger partial charge in [0.15, 0.2) is 0 Å². The molecule has 0 aliphatic heterocycles. The number of nitrogens with zero attached hydrogens (tertiary/aromatic N) is 1. The van der Waals surface area contributed by atoms with Crippen molar-refractivity contribution in [2.75, 3.05) is 16.2 Å². The number of fused-ring (bicyclic) bond motifs is 1. The number of rotatable bonds is 6. The lowest BCUT2D eigenvalue weighted by Gasteiger charge is -2.26. The van der Waals surface area contributed by atoms with Gasteiger partial charge in [0.1, 0.15) is 6.54 Å². The van der Waals surface area contributed by atoms with Crippen LogP contribution in [0.3, 0.4) is 0 Å².